The van der Waals surface area contributed by atoms with Crippen LogP contribution >= 0.6 is 0 Å². The van der Waals surface area contributed by atoms with Gasteiger partial charge in [0.1, 0.15) is 0 Å². The van der Waals surface area contributed by atoms with Crippen LogP contribution < -0.4 is 9.80 Å². The molecule has 0 radical (unpaired) electrons. The quantitative estimate of drug-likeness (QED) is 0.135. The summed E-state index contributed by atoms with van der Waals surface area (Å²) in [5.41, 5.74) is 24.1. The lowest BCUT2D eigenvalue weighted by Crippen LogP contribution is -2.16. The van der Waals surface area contributed by atoms with Crippen LogP contribution in [0.3, 0.4) is 0 Å². The molecule has 0 bridgehead atoms. The Kier molecular flexibility index (Phi) is 11.0. The summed E-state index contributed by atoms with van der Waals surface area (Å²) >= 11 is 0. The molecule has 0 amide bonds. The minimum atomic E-state index is -0.155. The van der Waals surface area contributed by atoms with E-state index < -0.39 is 0 Å². The smallest absolute Gasteiger partial charge is 0.0465 e. The first kappa shape index (κ1) is 43.4. The summed E-state index contributed by atoms with van der Waals surface area (Å²) < 4.78 is 0. The Labute approximate surface area is 408 Å². The summed E-state index contributed by atoms with van der Waals surface area (Å²) in [6.07, 6.45) is 6.32. The summed E-state index contributed by atoms with van der Waals surface area (Å²) in [7, 11) is 0. The van der Waals surface area contributed by atoms with Crippen molar-refractivity contribution in [2.24, 2.45) is 0 Å². The van der Waals surface area contributed by atoms with Gasteiger partial charge >= 0.3 is 0 Å². The van der Waals surface area contributed by atoms with Crippen molar-refractivity contribution in [1.29, 1.82) is 0 Å². The molecule has 11 rings (SSSR count). The fourth-order valence-corrected chi connectivity index (χ4v) is 11.1. The van der Waals surface area contributed by atoms with Crippen LogP contribution in [-0.2, 0) is 10.8 Å². The van der Waals surface area contributed by atoms with Gasteiger partial charge < -0.3 is 9.80 Å². The highest BCUT2D eigenvalue weighted by Gasteiger charge is 2.38. The van der Waals surface area contributed by atoms with Gasteiger partial charge in [0, 0.05) is 45.0 Å². The Balaban J connectivity index is 0.953. The first-order valence-corrected chi connectivity index (χ1v) is 24.1. The van der Waals surface area contributed by atoms with E-state index in [9.17, 15) is 0 Å². The molecule has 0 fully saturated rings. The van der Waals surface area contributed by atoms with E-state index >= 15 is 0 Å². The molecular weight excluding hydrogens is 833 g/mol. The summed E-state index contributed by atoms with van der Waals surface area (Å²) in [6.45, 7) is 15.6. The first-order chi connectivity index (χ1) is 33.6. The van der Waals surface area contributed by atoms with E-state index in [1.807, 2.05) is 6.08 Å². The van der Waals surface area contributed by atoms with E-state index in [4.69, 9.17) is 0 Å². The van der Waals surface area contributed by atoms with Gasteiger partial charge in [-0.3, -0.25) is 0 Å². The van der Waals surface area contributed by atoms with E-state index in [2.05, 4.69) is 282 Å². The highest BCUT2D eigenvalue weighted by molar-refractivity contribution is 5.93. The lowest BCUT2D eigenvalue weighted by molar-refractivity contribution is 0.659. The Hall–Kier alpha value is -8.20. The van der Waals surface area contributed by atoms with Crippen LogP contribution in [0.2, 0.25) is 0 Å². The summed E-state index contributed by atoms with van der Waals surface area (Å²) in [5.74, 6) is 0. The highest BCUT2D eigenvalue weighted by Crippen LogP contribution is 2.53. The number of hydrogen-bond donors (Lipinski definition) is 0. The monoisotopic (exact) mass is 888 g/mol. The Morgan fingerprint density at radius 2 is 0.696 bits per heavy atom. The normalized spacial score (nSPS) is 15.1. The van der Waals surface area contributed by atoms with Gasteiger partial charge in [0.15, 0.2) is 0 Å². The van der Waals surface area contributed by atoms with Crippen molar-refractivity contribution in [3.05, 3.63) is 271 Å². The zero-order chi connectivity index (χ0) is 47.3. The minimum Gasteiger partial charge on any atom is -0.310 e. The molecule has 0 N–H and O–H groups in total. The standard InChI is InChI=1S/C67H56N2/c1-7-17-58-60-42-40-56(44-64(60)66(3,4)62(58)8-2)68(52-32-24-48(25-33-52)46-18-11-9-12-19-46)54-36-28-50(29-37-54)51-30-38-55(39-31-51)69(53-34-26-49(27-35-53)47-20-13-10-14-21-47)57-41-43-61-59-22-15-16-23-63(59)67(5,6)65(61)45-57/h7-45H,1H2,2-6H3/b58-17?,62-8+. The van der Waals surface area contributed by atoms with Crippen LogP contribution in [0.15, 0.2) is 249 Å². The van der Waals surface area contributed by atoms with Crippen LogP contribution in [0.4, 0.5) is 34.1 Å². The van der Waals surface area contributed by atoms with Crippen LogP contribution in [-0.4, -0.2) is 0 Å². The van der Waals surface area contributed by atoms with Gasteiger partial charge in [-0.15, -0.1) is 0 Å². The number of anilines is 6. The Bertz CT molecular complexity index is 3410. The second-order valence-corrected chi connectivity index (χ2v) is 19.4. The van der Waals surface area contributed by atoms with Crippen molar-refractivity contribution >= 4 is 39.7 Å². The SMILES string of the molecule is C=CC=C1/C(=C\C)C(C)(C)c2cc(N(c3ccc(-c4ccccc4)cc3)c3ccc(-c4ccc(N(c5ccc(-c6ccccc6)cc5)c5ccc6c(c5)C(C)(C)c5ccccc5-6)cc4)cc3)ccc21. The predicted molar refractivity (Wildman–Crippen MR) is 295 cm³/mol. The van der Waals surface area contributed by atoms with Crippen molar-refractivity contribution in [2.75, 3.05) is 9.80 Å². The number of allylic oxidation sites excluding steroid dienone is 5. The van der Waals surface area contributed by atoms with Gasteiger partial charge in [-0.1, -0.05) is 198 Å². The maximum atomic E-state index is 4.05. The zero-order valence-corrected chi connectivity index (χ0v) is 40.1. The zero-order valence-electron chi connectivity index (χ0n) is 40.1. The van der Waals surface area contributed by atoms with E-state index in [0.717, 1.165) is 45.3 Å². The largest absolute Gasteiger partial charge is 0.310 e. The van der Waals surface area contributed by atoms with Crippen molar-refractivity contribution in [2.45, 2.75) is 45.4 Å². The molecule has 0 saturated heterocycles. The van der Waals surface area contributed by atoms with Gasteiger partial charge in [0.2, 0.25) is 0 Å². The van der Waals surface area contributed by atoms with Crippen LogP contribution in [0.25, 0.3) is 50.1 Å². The van der Waals surface area contributed by atoms with Crippen molar-refractivity contribution < 1.29 is 0 Å². The van der Waals surface area contributed by atoms with Gasteiger partial charge in [0.05, 0.1) is 0 Å². The molecular formula is C67H56N2. The fourth-order valence-electron chi connectivity index (χ4n) is 11.1. The molecule has 2 heteroatoms. The molecule has 0 aromatic heterocycles. The van der Waals surface area contributed by atoms with Crippen LogP contribution in [0.5, 0.6) is 0 Å². The summed E-state index contributed by atoms with van der Waals surface area (Å²) in [5, 5.41) is 0. The molecule has 0 spiro atoms. The second-order valence-electron chi connectivity index (χ2n) is 19.4. The number of rotatable bonds is 10. The van der Waals surface area contributed by atoms with E-state index in [1.165, 1.54) is 66.8 Å². The van der Waals surface area contributed by atoms with Crippen molar-refractivity contribution in [3.63, 3.8) is 0 Å². The molecule has 2 aliphatic rings. The second kappa shape index (κ2) is 17.5. The molecule has 9 aromatic carbocycles. The van der Waals surface area contributed by atoms with Crippen molar-refractivity contribution in [3.8, 4) is 44.5 Å². The first-order valence-electron chi connectivity index (χ1n) is 24.1. The highest BCUT2D eigenvalue weighted by atomic mass is 15.1. The van der Waals surface area contributed by atoms with E-state index in [1.54, 1.807) is 0 Å². The average Bonchev–Trinajstić information content (AvgIpc) is 3.75. The molecule has 0 unspecified atom stereocenters. The molecule has 0 saturated carbocycles. The molecule has 2 nitrogen and oxygen atoms in total. The molecule has 0 heterocycles. The topological polar surface area (TPSA) is 6.48 Å². The maximum Gasteiger partial charge on any atom is 0.0465 e. The third-order valence-electron chi connectivity index (χ3n) is 14.6. The summed E-state index contributed by atoms with van der Waals surface area (Å²) in [4.78, 5) is 4.79. The van der Waals surface area contributed by atoms with Crippen LogP contribution in [0, 0.1) is 0 Å². The molecule has 0 atom stereocenters. The lowest BCUT2D eigenvalue weighted by Gasteiger charge is -2.28. The van der Waals surface area contributed by atoms with Crippen LogP contribution in [0.1, 0.15) is 56.9 Å². The number of hydrogen-bond acceptors (Lipinski definition) is 2. The van der Waals surface area contributed by atoms with Gasteiger partial charge in [-0.2, -0.15) is 0 Å². The van der Waals surface area contributed by atoms with Gasteiger partial charge in [-0.05, 0) is 158 Å². The number of nitrogens with zero attached hydrogens (tertiary/aromatic N) is 2. The molecule has 69 heavy (non-hydrogen) atoms. The van der Waals surface area contributed by atoms with E-state index in [-0.39, 0.29) is 10.8 Å². The van der Waals surface area contributed by atoms with Crippen molar-refractivity contribution in [1.82, 2.24) is 0 Å². The predicted octanol–water partition coefficient (Wildman–Crippen LogP) is 18.7. The van der Waals surface area contributed by atoms with Gasteiger partial charge in [-0.25, -0.2) is 0 Å². The Morgan fingerprint density at radius 1 is 0.348 bits per heavy atom. The van der Waals surface area contributed by atoms with E-state index in [0.29, 0.717) is 0 Å². The maximum absolute atomic E-state index is 4.05. The molecule has 334 valence electrons. The number of fused-ring (bicyclic) bond motifs is 4. The third-order valence-corrected chi connectivity index (χ3v) is 14.6. The fraction of sp³-hybridized carbons (Fsp3) is 0.104. The molecule has 9 aromatic rings. The minimum absolute atomic E-state index is 0.110. The molecule has 2 aliphatic carbocycles. The lowest BCUT2D eigenvalue weighted by atomic mass is 9.82. The summed E-state index contributed by atoms with van der Waals surface area (Å²) in [6, 6.07) is 80.1. The average molecular weight is 889 g/mol. The third kappa shape index (κ3) is 7.63. The Morgan fingerprint density at radius 3 is 1.12 bits per heavy atom. The number of benzene rings is 9. The molecule has 0 aliphatic heterocycles. The van der Waals surface area contributed by atoms with Gasteiger partial charge in [0.25, 0.3) is 0 Å².